The van der Waals surface area contributed by atoms with Gasteiger partial charge in [0.2, 0.25) is 0 Å². The van der Waals surface area contributed by atoms with Gasteiger partial charge in [-0.2, -0.15) is 0 Å². The topological polar surface area (TPSA) is 191 Å². The molecule has 0 heterocycles. The third kappa shape index (κ3) is 11.1. The molecular weight excluding hydrogens is 414 g/mol. The van der Waals surface area contributed by atoms with E-state index in [1.165, 1.54) is 0 Å². The number of hydrogen-bond acceptors (Lipinski definition) is 6. The van der Waals surface area contributed by atoms with E-state index in [-0.39, 0.29) is 32.4 Å². The van der Waals surface area contributed by atoms with Crippen LogP contribution in [0.2, 0.25) is 0 Å². The second-order valence-electron chi connectivity index (χ2n) is 6.46. The minimum Gasteiger partial charge on any atom is -0.481 e. The number of hydrogen-bond donors (Lipinski definition) is 6. The molecule has 0 saturated carbocycles. The van der Waals surface area contributed by atoms with Gasteiger partial charge in [0.25, 0.3) is 0 Å². The van der Waals surface area contributed by atoms with Gasteiger partial charge in [-0.1, -0.05) is 30.3 Å². The van der Waals surface area contributed by atoms with Crippen molar-refractivity contribution in [1.29, 1.82) is 0 Å². The molecule has 0 aliphatic rings. The lowest BCUT2D eigenvalue weighted by Gasteiger charge is -2.18. The molecule has 0 fully saturated rings. The number of carboxylic acids is 3. The Labute approximate surface area is 177 Å². The number of aliphatic carboxylic acids is 3. The minimum absolute atomic E-state index is 0.0470. The van der Waals surface area contributed by atoms with Crippen LogP contribution in [-0.2, 0) is 25.7 Å². The van der Waals surface area contributed by atoms with Crippen molar-refractivity contribution in [3.63, 3.8) is 0 Å². The Bertz CT molecular complexity index is 770. The fourth-order valence-electron chi connectivity index (χ4n) is 2.41. The average Bonchev–Trinajstić information content (AvgIpc) is 2.72. The predicted molar refractivity (Wildman–Crippen MR) is 105 cm³/mol. The molecule has 1 aromatic carbocycles. The fourth-order valence-corrected chi connectivity index (χ4v) is 2.41. The molecule has 12 nitrogen and oxygen atoms in total. The van der Waals surface area contributed by atoms with Crippen LogP contribution in [0.3, 0.4) is 0 Å². The van der Waals surface area contributed by atoms with E-state index in [9.17, 15) is 29.1 Å². The highest BCUT2D eigenvalue weighted by molar-refractivity contribution is 5.86. The van der Waals surface area contributed by atoms with Crippen LogP contribution in [0.4, 0.5) is 9.59 Å². The van der Waals surface area contributed by atoms with E-state index in [0.717, 1.165) is 5.56 Å². The Hall–Kier alpha value is -3.83. The molecule has 0 saturated heterocycles. The number of amides is 3. The first-order valence-electron chi connectivity index (χ1n) is 9.38. The van der Waals surface area contributed by atoms with Crippen LogP contribution in [0, 0.1) is 0 Å². The standard InChI is InChI=1S/C19H25N3O9/c23-15(24)9-8-14(17(27)28)22-18(29)21-13(16(25)26)7-4-10-20-19(30)31-11-12-5-2-1-3-6-12/h1-3,5-6,13-14H,4,7-11H2,(H,20,30)(H,23,24)(H,25,26)(H,27,28)(H2,21,22,29). The van der Waals surface area contributed by atoms with Gasteiger partial charge in [0, 0.05) is 13.0 Å². The van der Waals surface area contributed by atoms with E-state index >= 15 is 0 Å². The monoisotopic (exact) mass is 439 g/mol. The number of nitrogens with one attached hydrogen (secondary N) is 3. The Morgan fingerprint density at radius 2 is 1.45 bits per heavy atom. The summed E-state index contributed by atoms with van der Waals surface area (Å²) in [5.74, 6) is -4.02. The number of carbonyl (C=O) groups excluding carboxylic acids is 2. The largest absolute Gasteiger partial charge is 0.481 e. The van der Waals surface area contributed by atoms with Gasteiger partial charge in [0.05, 0.1) is 0 Å². The highest BCUT2D eigenvalue weighted by Crippen LogP contribution is 2.02. The second-order valence-corrected chi connectivity index (χ2v) is 6.46. The molecule has 0 aliphatic heterocycles. The summed E-state index contributed by atoms with van der Waals surface area (Å²) in [5.41, 5.74) is 0.807. The van der Waals surface area contributed by atoms with Crippen LogP contribution in [0.1, 0.15) is 31.2 Å². The summed E-state index contributed by atoms with van der Waals surface area (Å²) < 4.78 is 5.01. The van der Waals surface area contributed by atoms with E-state index in [2.05, 4.69) is 10.6 Å². The van der Waals surface area contributed by atoms with Gasteiger partial charge in [-0.15, -0.1) is 0 Å². The number of ether oxygens (including phenoxy) is 1. The maximum Gasteiger partial charge on any atom is 0.407 e. The molecule has 1 aromatic rings. The molecule has 0 aliphatic carbocycles. The average molecular weight is 439 g/mol. The van der Waals surface area contributed by atoms with Crippen LogP contribution >= 0.6 is 0 Å². The summed E-state index contributed by atoms with van der Waals surface area (Å²) in [7, 11) is 0. The van der Waals surface area contributed by atoms with Crippen molar-refractivity contribution in [3.05, 3.63) is 35.9 Å². The number of benzene rings is 1. The summed E-state index contributed by atoms with van der Waals surface area (Å²) in [6.07, 6.45) is -1.37. The number of urea groups is 1. The van der Waals surface area contributed by atoms with Gasteiger partial charge in [-0.05, 0) is 24.8 Å². The Morgan fingerprint density at radius 3 is 2.00 bits per heavy atom. The summed E-state index contributed by atoms with van der Waals surface area (Å²) in [6, 6.07) is 5.14. The Balaban J connectivity index is 2.36. The van der Waals surface area contributed by atoms with Crippen LogP contribution in [0.5, 0.6) is 0 Å². The van der Waals surface area contributed by atoms with Crippen molar-refractivity contribution in [1.82, 2.24) is 16.0 Å². The summed E-state index contributed by atoms with van der Waals surface area (Å²) in [5, 5.41) is 33.4. The van der Waals surface area contributed by atoms with Gasteiger partial charge >= 0.3 is 30.0 Å². The van der Waals surface area contributed by atoms with Crippen molar-refractivity contribution in [2.24, 2.45) is 0 Å². The van der Waals surface area contributed by atoms with Crippen LogP contribution in [-0.4, -0.2) is 64.0 Å². The zero-order chi connectivity index (χ0) is 23.2. The molecule has 1 rings (SSSR count). The lowest BCUT2D eigenvalue weighted by atomic mass is 10.1. The predicted octanol–water partition coefficient (Wildman–Crippen LogP) is 0.763. The SMILES string of the molecule is O=C(O)CCC(NC(=O)NC(CCCNC(=O)OCc1ccccc1)C(=O)O)C(=O)O. The van der Waals surface area contributed by atoms with Crippen molar-refractivity contribution in [3.8, 4) is 0 Å². The fraction of sp³-hybridized carbons (Fsp3) is 0.421. The van der Waals surface area contributed by atoms with E-state index in [4.69, 9.17) is 14.9 Å². The van der Waals surface area contributed by atoms with Crippen molar-refractivity contribution >= 4 is 30.0 Å². The van der Waals surface area contributed by atoms with Gasteiger partial charge in [0.1, 0.15) is 18.7 Å². The van der Waals surface area contributed by atoms with Gasteiger partial charge in [-0.3, -0.25) is 4.79 Å². The zero-order valence-corrected chi connectivity index (χ0v) is 16.6. The first kappa shape index (κ1) is 25.2. The number of alkyl carbamates (subject to hydrolysis) is 1. The van der Waals surface area contributed by atoms with Crippen LogP contribution in [0.25, 0.3) is 0 Å². The Morgan fingerprint density at radius 1 is 0.871 bits per heavy atom. The molecule has 2 unspecified atom stereocenters. The van der Waals surface area contributed by atoms with E-state index in [1.807, 2.05) is 11.4 Å². The lowest BCUT2D eigenvalue weighted by molar-refractivity contribution is -0.140. The molecule has 0 spiro atoms. The lowest BCUT2D eigenvalue weighted by Crippen LogP contribution is -2.51. The Kier molecular flexibility index (Phi) is 10.9. The number of carbonyl (C=O) groups is 5. The van der Waals surface area contributed by atoms with Crippen LogP contribution in [0.15, 0.2) is 30.3 Å². The third-order valence-electron chi connectivity index (χ3n) is 4.01. The minimum atomic E-state index is -1.48. The molecule has 0 aromatic heterocycles. The molecule has 170 valence electrons. The quantitative estimate of drug-likeness (QED) is 0.241. The van der Waals surface area contributed by atoms with Crippen molar-refractivity contribution < 1.29 is 44.0 Å². The number of rotatable bonds is 13. The third-order valence-corrected chi connectivity index (χ3v) is 4.01. The molecule has 6 N–H and O–H groups in total. The summed E-state index contributed by atoms with van der Waals surface area (Å²) in [4.78, 5) is 56.5. The summed E-state index contributed by atoms with van der Waals surface area (Å²) in [6.45, 7) is 0.176. The highest BCUT2D eigenvalue weighted by Gasteiger charge is 2.24. The van der Waals surface area contributed by atoms with Gasteiger partial charge in [-0.25, -0.2) is 19.2 Å². The van der Waals surface area contributed by atoms with Gasteiger partial charge < -0.3 is 36.0 Å². The zero-order valence-electron chi connectivity index (χ0n) is 16.6. The highest BCUT2D eigenvalue weighted by atomic mass is 16.5. The first-order chi connectivity index (χ1) is 14.7. The van der Waals surface area contributed by atoms with Gasteiger partial charge in [0.15, 0.2) is 0 Å². The molecule has 12 heteroatoms. The van der Waals surface area contributed by atoms with E-state index < -0.39 is 48.5 Å². The van der Waals surface area contributed by atoms with E-state index in [0.29, 0.717) is 0 Å². The molecule has 2 atom stereocenters. The number of carboxylic acid groups (broad SMARTS) is 3. The molecular formula is C19H25N3O9. The van der Waals surface area contributed by atoms with Crippen molar-refractivity contribution in [2.75, 3.05) is 6.54 Å². The second kappa shape index (κ2) is 13.4. The maximum atomic E-state index is 11.9. The smallest absolute Gasteiger partial charge is 0.407 e. The van der Waals surface area contributed by atoms with Crippen molar-refractivity contribution in [2.45, 2.75) is 44.4 Å². The first-order valence-corrected chi connectivity index (χ1v) is 9.38. The van der Waals surface area contributed by atoms with Crippen LogP contribution < -0.4 is 16.0 Å². The van der Waals surface area contributed by atoms with E-state index in [1.54, 1.807) is 24.3 Å². The molecule has 31 heavy (non-hydrogen) atoms. The molecule has 0 bridgehead atoms. The normalized spacial score (nSPS) is 12.1. The maximum absolute atomic E-state index is 11.9. The summed E-state index contributed by atoms with van der Waals surface area (Å²) >= 11 is 0. The molecule has 3 amide bonds. The molecule has 0 radical (unpaired) electrons.